The Bertz CT molecular complexity index is 973. The van der Waals surface area contributed by atoms with Crippen LogP contribution in [-0.2, 0) is 17.8 Å². The molecule has 1 aliphatic rings. The topological polar surface area (TPSA) is 46.1 Å². The van der Waals surface area contributed by atoms with Crippen molar-refractivity contribution >= 4 is 5.91 Å². The van der Waals surface area contributed by atoms with E-state index in [1.54, 1.807) is 18.3 Å². The number of benzene rings is 2. The summed E-state index contributed by atoms with van der Waals surface area (Å²) in [5, 5.41) is 0. The molecule has 0 saturated heterocycles. The van der Waals surface area contributed by atoms with Crippen LogP contribution in [0.4, 0.5) is 4.39 Å². The molecule has 1 aromatic heterocycles. The van der Waals surface area contributed by atoms with Crippen LogP contribution in [0.25, 0.3) is 11.4 Å². The largest absolute Gasteiger partial charge is 0.337 e. The molecule has 0 aliphatic carbocycles. The fraction of sp³-hybridized carbons (Fsp3) is 0.261. The van der Waals surface area contributed by atoms with E-state index < -0.39 is 0 Å². The van der Waals surface area contributed by atoms with Crippen LogP contribution in [-0.4, -0.2) is 27.3 Å². The van der Waals surface area contributed by atoms with Crippen LogP contribution in [0.2, 0.25) is 0 Å². The van der Waals surface area contributed by atoms with E-state index in [1.165, 1.54) is 12.1 Å². The predicted octanol–water partition coefficient (Wildman–Crippen LogP) is 4.36. The highest BCUT2D eigenvalue weighted by Crippen LogP contribution is 2.26. The number of hydrogen-bond acceptors (Lipinski definition) is 3. The van der Waals surface area contributed by atoms with E-state index >= 15 is 0 Å². The lowest BCUT2D eigenvalue weighted by Gasteiger charge is -2.31. The molecule has 1 amide bonds. The Kier molecular flexibility index (Phi) is 5.15. The third-order valence-electron chi connectivity index (χ3n) is 5.26. The van der Waals surface area contributed by atoms with Crippen molar-refractivity contribution in [3.8, 4) is 11.4 Å². The molecule has 4 rings (SSSR count). The lowest BCUT2D eigenvalue weighted by atomic mass is 9.94. The molecule has 28 heavy (non-hydrogen) atoms. The second kappa shape index (κ2) is 7.89. The third kappa shape index (κ3) is 3.65. The first kappa shape index (κ1) is 18.3. The van der Waals surface area contributed by atoms with Crippen LogP contribution < -0.4 is 0 Å². The Hall–Kier alpha value is -3.08. The molecule has 5 heteroatoms. The highest BCUT2D eigenvalue weighted by Gasteiger charge is 2.28. The Labute approximate surface area is 164 Å². The van der Waals surface area contributed by atoms with Gasteiger partial charge in [-0.15, -0.1) is 0 Å². The van der Waals surface area contributed by atoms with Gasteiger partial charge in [0, 0.05) is 36.8 Å². The fourth-order valence-electron chi connectivity index (χ4n) is 3.70. The highest BCUT2D eigenvalue weighted by atomic mass is 19.1. The number of rotatable bonds is 4. The maximum absolute atomic E-state index is 13.1. The Morgan fingerprint density at radius 2 is 1.89 bits per heavy atom. The average Bonchev–Trinajstić information content (AvgIpc) is 2.75. The minimum absolute atomic E-state index is 0.123. The molecular weight excluding hydrogens is 353 g/mol. The summed E-state index contributed by atoms with van der Waals surface area (Å²) in [6.07, 6.45) is 3.26. The van der Waals surface area contributed by atoms with E-state index in [0.29, 0.717) is 25.3 Å². The van der Waals surface area contributed by atoms with Gasteiger partial charge in [0.05, 0.1) is 11.6 Å². The number of hydrogen-bond donors (Lipinski definition) is 0. The molecule has 1 aliphatic heterocycles. The maximum Gasteiger partial charge on any atom is 0.230 e. The van der Waals surface area contributed by atoms with Crippen molar-refractivity contribution in [3.63, 3.8) is 0 Å². The zero-order valence-corrected chi connectivity index (χ0v) is 15.8. The van der Waals surface area contributed by atoms with Crippen molar-refractivity contribution in [2.45, 2.75) is 32.2 Å². The molecule has 3 aromatic rings. The Morgan fingerprint density at radius 3 is 2.61 bits per heavy atom. The van der Waals surface area contributed by atoms with Gasteiger partial charge in [-0.25, -0.2) is 14.4 Å². The van der Waals surface area contributed by atoms with Gasteiger partial charge in [-0.2, -0.15) is 0 Å². The summed E-state index contributed by atoms with van der Waals surface area (Å²) < 4.78 is 13.1. The van der Waals surface area contributed by atoms with Crippen LogP contribution >= 0.6 is 0 Å². The van der Waals surface area contributed by atoms with Gasteiger partial charge in [0.2, 0.25) is 5.91 Å². The smallest absolute Gasteiger partial charge is 0.230 e. The average molecular weight is 375 g/mol. The molecule has 0 fully saturated rings. The van der Waals surface area contributed by atoms with E-state index in [0.717, 1.165) is 28.8 Å². The van der Waals surface area contributed by atoms with Crippen molar-refractivity contribution in [3.05, 3.63) is 83.4 Å². The monoisotopic (exact) mass is 375 g/mol. The van der Waals surface area contributed by atoms with Gasteiger partial charge in [0.1, 0.15) is 5.82 Å². The molecule has 0 radical (unpaired) electrons. The quantitative estimate of drug-likeness (QED) is 0.681. The summed E-state index contributed by atoms with van der Waals surface area (Å²) in [4.78, 5) is 24.1. The van der Waals surface area contributed by atoms with Crippen LogP contribution in [0, 0.1) is 5.82 Å². The lowest BCUT2D eigenvalue weighted by molar-refractivity contribution is -0.133. The summed E-state index contributed by atoms with van der Waals surface area (Å²) in [6.45, 7) is 3.22. The van der Waals surface area contributed by atoms with Crippen molar-refractivity contribution in [2.75, 3.05) is 6.54 Å². The van der Waals surface area contributed by atoms with Crippen LogP contribution in [0.15, 0.2) is 60.8 Å². The van der Waals surface area contributed by atoms with Gasteiger partial charge in [0.25, 0.3) is 0 Å². The van der Waals surface area contributed by atoms with Crippen LogP contribution in [0.5, 0.6) is 0 Å². The van der Waals surface area contributed by atoms with E-state index in [1.807, 2.05) is 42.2 Å². The van der Waals surface area contributed by atoms with Gasteiger partial charge in [0.15, 0.2) is 5.82 Å². The van der Waals surface area contributed by atoms with Gasteiger partial charge >= 0.3 is 0 Å². The summed E-state index contributed by atoms with van der Waals surface area (Å²) in [5.41, 5.74) is 3.79. The molecule has 142 valence electrons. The molecular formula is C23H22FN3O. The third-order valence-corrected chi connectivity index (χ3v) is 5.26. The van der Waals surface area contributed by atoms with E-state index in [-0.39, 0.29) is 17.6 Å². The first-order valence-electron chi connectivity index (χ1n) is 9.60. The number of amides is 1. The van der Waals surface area contributed by atoms with Crippen molar-refractivity contribution in [1.29, 1.82) is 0 Å². The van der Waals surface area contributed by atoms with E-state index in [9.17, 15) is 9.18 Å². The molecule has 2 heterocycles. The molecule has 0 saturated carbocycles. The minimum Gasteiger partial charge on any atom is -0.337 e. The number of aromatic nitrogens is 2. The molecule has 0 N–H and O–H groups in total. The van der Waals surface area contributed by atoms with E-state index in [2.05, 4.69) is 9.97 Å². The van der Waals surface area contributed by atoms with Crippen molar-refractivity contribution in [2.24, 2.45) is 0 Å². The van der Waals surface area contributed by atoms with Gasteiger partial charge in [-0.1, -0.05) is 37.3 Å². The summed E-state index contributed by atoms with van der Waals surface area (Å²) in [5.74, 6) is 0.345. The second-order valence-corrected chi connectivity index (χ2v) is 7.05. The second-order valence-electron chi connectivity index (χ2n) is 7.05. The molecule has 0 bridgehead atoms. The van der Waals surface area contributed by atoms with Gasteiger partial charge < -0.3 is 4.90 Å². The first-order valence-corrected chi connectivity index (χ1v) is 9.60. The fourth-order valence-corrected chi connectivity index (χ4v) is 3.70. The normalized spacial score (nSPS) is 14.4. The number of fused-ring (bicyclic) bond motifs is 1. The predicted molar refractivity (Wildman–Crippen MR) is 106 cm³/mol. The summed E-state index contributed by atoms with van der Waals surface area (Å²) >= 11 is 0. The van der Waals surface area contributed by atoms with Gasteiger partial charge in [-0.3, -0.25) is 4.79 Å². The number of halogens is 1. The molecule has 0 spiro atoms. The molecule has 0 unspecified atom stereocenters. The minimum atomic E-state index is -0.278. The van der Waals surface area contributed by atoms with Crippen molar-refractivity contribution < 1.29 is 9.18 Å². The SMILES string of the molecule is CC[C@@H](C(=O)N1CCc2nc(-c3ccc(F)cc3)ncc2C1)c1ccccc1. The Balaban J connectivity index is 1.53. The van der Waals surface area contributed by atoms with Gasteiger partial charge in [-0.05, 0) is 36.2 Å². The Morgan fingerprint density at radius 1 is 1.14 bits per heavy atom. The van der Waals surface area contributed by atoms with E-state index in [4.69, 9.17) is 0 Å². The lowest BCUT2D eigenvalue weighted by Crippen LogP contribution is -2.39. The summed E-state index contributed by atoms with van der Waals surface area (Å²) in [7, 11) is 0. The maximum atomic E-state index is 13.1. The molecule has 4 nitrogen and oxygen atoms in total. The van der Waals surface area contributed by atoms with Crippen molar-refractivity contribution in [1.82, 2.24) is 14.9 Å². The number of nitrogens with zero attached hydrogens (tertiary/aromatic N) is 3. The van der Waals surface area contributed by atoms with Crippen LogP contribution in [0.1, 0.15) is 36.1 Å². The van der Waals surface area contributed by atoms with Crippen LogP contribution in [0.3, 0.4) is 0 Å². The standard InChI is InChI=1S/C23H22FN3O/c1-2-20(16-6-4-3-5-7-16)23(28)27-13-12-21-18(15-27)14-25-22(26-21)17-8-10-19(24)11-9-17/h3-11,14,20H,2,12-13,15H2,1H3/t20-/m1/s1. The highest BCUT2D eigenvalue weighted by molar-refractivity contribution is 5.84. The zero-order valence-electron chi connectivity index (χ0n) is 15.8. The first-order chi connectivity index (χ1) is 13.7. The zero-order chi connectivity index (χ0) is 19.5. The number of carbonyl (C=O) groups is 1. The number of carbonyl (C=O) groups excluding carboxylic acids is 1. The summed E-state index contributed by atoms with van der Waals surface area (Å²) in [6, 6.07) is 16.1. The molecule has 2 aromatic carbocycles. The molecule has 1 atom stereocenters.